The first-order valence-corrected chi connectivity index (χ1v) is 8.03. The first-order valence-electron chi connectivity index (χ1n) is 6.34. The number of carbonyl (C=O) groups is 2. The van der Waals surface area contributed by atoms with Gasteiger partial charge in [-0.2, -0.15) is 0 Å². The molecule has 0 fully saturated rings. The summed E-state index contributed by atoms with van der Waals surface area (Å²) >= 11 is 2.94. The van der Waals surface area contributed by atoms with Crippen molar-refractivity contribution in [1.29, 1.82) is 0 Å². The van der Waals surface area contributed by atoms with Crippen LogP contribution in [0.15, 0.2) is 11.4 Å². The Morgan fingerprint density at radius 3 is 2.71 bits per heavy atom. The van der Waals surface area contributed by atoms with Gasteiger partial charge < -0.3 is 5.32 Å². The molecular formula is C13H16N4O2S2. The Kier molecular flexibility index (Phi) is 4.79. The number of nitrogens with zero attached hydrogens (tertiary/aromatic N) is 2. The lowest BCUT2D eigenvalue weighted by atomic mass is 10.2. The number of imide groups is 1. The Morgan fingerprint density at radius 2 is 2.05 bits per heavy atom. The zero-order chi connectivity index (χ0) is 15.6. The average molecular weight is 324 g/mol. The van der Waals surface area contributed by atoms with Gasteiger partial charge in [0.1, 0.15) is 16.2 Å². The van der Waals surface area contributed by atoms with Crippen molar-refractivity contribution >= 4 is 45.3 Å². The van der Waals surface area contributed by atoms with Crippen molar-refractivity contribution in [3.8, 4) is 0 Å². The zero-order valence-corrected chi connectivity index (χ0v) is 13.8. The van der Waals surface area contributed by atoms with E-state index < -0.39 is 11.3 Å². The Bertz CT molecular complexity index is 699. The molecule has 8 heteroatoms. The molecule has 21 heavy (non-hydrogen) atoms. The highest BCUT2D eigenvalue weighted by Gasteiger charge is 2.20. The third kappa shape index (κ3) is 3.33. The molecule has 2 aromatic heterocycles. The fourth-order valence-electron chi connectivity index (χ4n) is 1.74. The number of nitrogens with one attached hydrogen (secondary N) is 2. The van der Waals surface area contributed by atoms with Crippen LogP contribution in [0.1, 0.15) is 17.4 Å². The monoisotopic (exact) mass is 324 g/mol. The van der Waals surface area contributed by atoms with Crippen molar-refractivity contribution in [3.63, 3.8) is 0 Å². The topological polar surface area (TPSA) is 84.0 Å². The average Bonchev–Trinajstić information content (AvgIpc) is 2.74. The number of fused-ring (bicyclic) bond motifs is 1. The number of rotatable bonds is 3. The van der Waals surface area contributed by atoms with Crippen LogP contribution >= 0.6 is 23.1 Å². The van der Waals surface area contributed by atoms with Gasteiger partial charge in [0.2, 0.25) is 5.91 Å². The van der Waals surface area contributed by atoms with Crippen LogP contribution in [0.3, 0.4) is 0 Å². The number of aryl methyl sites for hydroxylation is 2. The molecule has 0 aromatic carbocycles. The van der Waals surface area contributed by atoms with Crippen LogP contribution in [-0.4, -0.2) is 34.2 Å². The van der Waals surface area contributed by atoms with E-state index in [0.717, 1.165) is 20.8 Å². The van der Waals surface area contributed by atoms with Gasteiger partial charge in [-0.05, 0) is 26.3 Å². The maximum Gasteiger partial charge on any atom is 0.321 e. The molecule has 6 nitrogen and oxygen atoms in total. The van der Waals surface area contributed by atoms with Crippen LogP contribution in [-0.2, 0) is 4.79 Å². The summed E-state index contributed by atoms with van der Waals surface area (Å²) in [5.74, 6) is -0.351. The minimum absolute atomic E-state index is 0.351. The zero-order valence-electron chi connectivity index (χ0n) is 12.2. The molecule has 112 valence electrons. The number of hydrogen-bond donors (Lipinski definition) is 2. The van der Waals surface area contributed by atoms with Crippen LogP contribution in [0, 0.1) is 13.8 Å². The Hall–Kier alpha value is -1.67. The summed E-state index contributed by atoms with van der Waals surface area (Å²) < 4.78 is 0. The smallest absolute Gasteiger partial charge is 0.321 e. The highest BCUT2D eigenvalue weighted by atomic mass is 32.2. The summed E-state index contributed by atoms with van der Waals surface area (Å²) in [6.07, 6.45) is 1.50. The molecule has 0 aliphatic carbocycles. The summed E-state index contributed by atoms with van der Waals surface area (Å²) in [4.78, 5) is 33.7. The standard InChI is InChI=1S/C13H16N4O2S2/c1-6-7(2)20-11-9(6)12(16-5-15-11)21-8(3)10(18)17-13(19)14-4/h5,8H,1-4H3,(H2,14,17,18,19)/t8-/m1/s1. The largest absolute Gasteiger partial charge is 0.341 e. The van der Waals surface area contributed by atoms with E-state index in [-0.39, 0.29) is 5.91 Å². The summed E-state index contributed by atoms with van der Waals surface area (Å²) in [7, 11) is 1.46. The van der Waals surface area contributed by atoms with Crippen LogP contribution in [0.4, 0.5) is 4.79 Å². The van der Waals surface area contributed by atoms with Crippen molar-refractivity contribution in [1.82, 2.24) is 20.6 Å². The van der Waals surface area contributed by atoms with Crippen molar-refractivity contribution < 1.29 is 9.59 Å². The third-order valence-electron chi connectivity index (χ3n) is 3.05. The van der Waals surface area contributed by atoms with E-state index in [2.05, 4.69) is 20.6 Å². The van der Waals surface area contributed by atoms with Gasteiger partial charge in [0.25, 0.3) is 0 Å². The fourth-order valence-corrected chi connectivity index (χ4v) is 3.77. The SMILES string of the molecule is CNC(=O)NC(=O)[C@@H](C)Sc1ncnc2sc(C)c(C)c12. The molecule has 0 bridgehead atoms. The number of carbonyl (C=O) groups excluding carboxylic acids is 2. The summed E-state index contributed by atoms with van der Waals surface area (Å²) in [6, 6.07) is -0.511. The van der Waals surface area contributed by atoms with Crippen molar-refractivity contribution in [2.75, 3.05) is 7.05 Å². The van der Waals surface area contributed by atoms with Gasteiger partial charge in [0.05, 0.1) is 5.25 Å². The molecule has 2 aromatic rings. The minimum atomic E-state index is -0.511. The maximum absolute atomic E-state index is 11.9. The van der Waals surface area contributed by atoms with Gasteiger partial charge in [-0.25, -0.2) is 14.8 Å². The normalized spacial score (nSPS) is 12.2. The molecule has 0 unspecified atom stereocenters. The first-order chi connectivity index (χ1) is 9.93. The third-order valence-corrected chi connectivity index (χ3v) is 5.27. The summed E-state index contributed by atoms with van der Waals surface area (Å²) in [5.41, 5.74) is 1.14. The number of urea groups is 1. The highest BCUT2D eigenvalue weighted by Crippen LogP contribution is 2.35. The van der Waals surface area contributed by atoms with Crippen LogP contribution in [0.2, 0.25) is 0 Å². The number of aromatic nitrogens is 2. The molecule has 0 spiro atoms. The number of thiophene rings is 1. The van der Waals surface area contributed by atoms with Crippen LogP contribution in [0.5, 0.6) is 0 Å². The molecule has 3 amide bonds. The van der Waals surface area contributed by atoms with Gasteiger partial charge in [-0.15, -0.1) is 11.3 Å². The van der Waals surface area contributed by atoms with E-state index in [9.17, 15) is 9.59 Å². The highest BCUT2D eigenvalue weighted by molar-refractivity contribution is 8.00. The quantitative estimate of drug-likeness (QED) is 0.668. The van der Waals surface area contributed by atoms with E-state index in [1.807, 2.05) is 13.8 Å². The molecule has 0 aliphatic heterocycles. The predicted octanol–water partition coefficient (Wildman–Crippen LogP) is 2.24. The van der Waals surface area contributed by atoms with Gasteiger partial charge >= 0.3 is 6.03 Å². The van der Waals surface area contributed by atoms with E-state index >= 15 is 0 Å². The fraction of sp³-hybridized carbons (Fsp3) is 0.385. The lowest BCUT2D eigenvalue weighted by Crippen LogP contribution is -2.41. The molecule has 1 atom stereocenters. The molecule has 0 aliphatic rings. The van der Waals surface area contributed by atoms with E-state index in [1.165, 1.54) is 30.0 Å². The Morgan fingerprint density at radius 1 is 1.33 bits per heavy atom. The Labute approximate surface area is 130 Å². The van der Waals surface area contributed by atoms with E-state index in [0.29, 0.717) is 0 Å². The first kappa shape index (κ1) is 15.7. The van der Waals surface area contributed by atoms with Crippen molar-refractivity contribution in [2.45, 2.75) is 31.0 Å². The van der Waals surface area contributed by atoms with Gasteiger partial charge in [0, 0.05) is 17.3 Å². The van der Waals surface area contributed by atoms with Crippen LogP contribution < -0.4 is 10.6 Å². The van der Waals surface area contributed by atoms with Crippen molar-refractivity contribution in [2.24, 2.45) is 0 Å². The van der Waals surface area contributed by atoms with E-state index in [1.54, 1.807) is 18.3 Å². The molecular weight excluding hydrogens is 308 g/mol. The second-order valence-corrected chi connectivity index (χ2v) is 7.00. The minimum Gasteiger partial charge on any atom is -0.341 e. The molecule has 0 saturated carbocycles. The maximum atomic E-state index is 11.9. The molecule has 2 N–H and O–H groups in total. The van der Waals surface area contributed by atoms with Crippen LogP contribution in [0.25, 0.3) is 10.2 Å². The van der Waals surface area contributed by atoms with Gasteiger partial charge in [0.15, 0.2) is 0 Å². The lowest BCUT2D eigenvalue weighted by Gasteiger charge is -2.11. The molecule has 0 radical (unpaired) electrons. The second-order valence-electron chi connectivity index (χ2n) is 4.47. The molecule has 2 rings (SSSR count). The number of hydrogen-bond acceptors (Lipinski definition) is 6. The molecule has 2 heterocycles. The Balaban J connectivity index is 2.23. The lowest BCUT2D eigenvalue weighted by molar-refractivity contribution is -0.119. The predicted molar refractivity (Wildman–Crippen MR) is 84.8 cm³/mol. The van der Waals surface area contributed by atoms with Gasteiger partial charge in [-0.3, -0.25) is 10.1 Å². The van der Waals surface area contributed by atoms with Crippen molar-refractivity contribution in [3.05, 3.63) is 16.8 Å². The molecule has 0 saturated heterocycles. The number of amides is 3. The van der Waals surface area contributed by atoms with Gasteiger partial charge in [-0.1, -0.05) is 11.8 Å². The second kappa shape index (κ2) is 6.40. The number of thioether (sulfide) groups is 1. The summed E-state index contributed by atoms with van der Waals surface area (Å²) in [5, 5.41) is 5.94. The van der Waals surface area contributed by atoms with E-state index in [4.69, 9.17) is 0 Å². The summed E-state index contributed by atoms with van der Waals surface area (Å²) in [6.45, 7) is 5.81.